The van der Waals surface area contributed by atoms with Crippen LogP contribution in [0.15, 0.2) is 64.4 Å². The fourth-order valence-electron chi connectivity index (χ4n) is 4.14. The van der Waals surface area contributed by atoms with Crippen LogP contribution in [0.3, 0.4) is 0 Å². The minimum Gasteiger partial charge on any atom is -0.492 e. The van der Waals surface area contributed by atoms with Crippen molar-refractivity contribution in [2.24, 2.45) is 22.0 Å². The van der Waals surface area contributed by atoms with Gasteiger partial charge in [0.25, 0.3) is 0 Å². The Hall–Kier alpha value is -3.19. The van der Waals surface area contributed by atoms with Crippen molar-refractivity contribution < 1.29 is 9.53 Å². The Labute approximate surface area is 212 Å². The van der Waals surface area contributed by atoms with Crippen LogP contribution >= 0.6 is 11.3 Å². The zero-order chi connectivity index (χ0) is 24.6. The van der Waals surface area contributed by atoms with E-state index >= 15 is 0 Å². The first-order valence-corrected chi connectivity index (χ1v) is 13.3. The first-order valence-electron chi connectivity index (χ1n) is 12.4. The molecule has 1 aromatic heterocycles. The molecule has 0 fully saturated rings. The molecule has 7 heteroatoms. The van der Waals surface area contributed by atoms with E-state index in [0.29, 0.717) is 24.9 Å². The number of hydrogen-bond acceptors (Lipinski definition) is 6. The minimum atomic E-state index is -0.0391. The molecule has 1 atom stereocenters. The van der Waals surface area contributed by atoms with E-state index in [1.165, 1.54) is 0 Å². The molecule has 35 heavy (non-hydrogen) atoms. The van der Waals surface area contributed by atoms with Crippen molar-refractivity contribution in [1.82, 2.24) is 4.90 Å². The first kappa shape index (κ1) is 24.9. The molecule has 1 amide bonds. The predicted molar refractivity (Wildman–Crippen MR) is 146 cm³/mol. The summed E-state index contributed by atoms with van der Waals surface area (Å²) in [5, 5.41) is 14.6. The van der Waals surface area contributed by atoms with Crippen LogP contribution in [0, 0.1) is 18.8 Å². The van der Waals surface area contributed by atoms with Crippen LogP contribution in [-0.2, 0) is 11.2 Å². The van der Waals surface area contributed by atoms with E-state index in [9.17, 15) is 4.79 Å². The van der Waals surface area contributed by atoms with E-state index in [1.54, 1.807) is 11.3 Å². The van der Waals surface area contributed by atoms with Gasteiger partial charge >= 0.3 is 0 Å². The maximum atomic E-state index is 12.8. The molecule has 1 unspecified atom stereocenters. The largest absolute Gasteiger partial charge is 0.492 e. The minimum absolute atomic E-state index is 0.0391. The summed E-state index contributed by atoms with van der Waals surface area (Å²) >= 11 is 1.54. The lowest BCUT2D eigenvalue weighted by molar-refractivity contribution is -0.115. The molecule has 1 N–H and O–H groups in total. The number of thiophene rings is 1. The summed E-state index contributed by atoms with van der Waals surface area (Å²) in [7, 11) is 0. The summed E-state index contributed by atoms with van der Waals surface area (Å²) in [6.45, 7) is 7.80. The average Bonchev–Trinajstić information content (AvgIpc) is 3.25. The summed E-state index contributed by atoms with van der Waals surface area (Å²) in [5.41, 5.74) is 4.04. The van der Waals surface area contributed by atoms with Crippen molar-refractivity contribution in [3.8, 4) is 5.75 Å². The van der Waals surface area contributed by atoms with Gasteiger partial charge in [0, 0.05) is 36.5 Å². The lowest BCUT2D eigenvalue weighted by Gasteiger charge is -2.21. The molecule has 0 bridgehead atoms. The second kappa shape index (κ2) is 12.0. The number of carbonyl (C=O) groups is 1. The molecule has 4 rings (SSSR count). The van der Waals surface area contributed by atoms with Gasteiger partial charge in [0.2, 0.25) is 5.91 Å². The fourth-order valence-corrected chi connectivity index (χ4v) is 5.12. The highest BCUT2D eigenvalue weighted by Gasteiger charge is 2.21. The second-order valence-electron chi connectivity index (χ2n) is 9.02. The summed E-state index contributed by atoms with van der Waals surface area (Å²) in [6, 6.07) is 7.76. The van der Waals surface area contributed by atoms with E-state index in [4.69, 9.17) is 4.74 Å². The Balaban J connectivity index is 1.28. The molecule has 0 aliphatic carbocycles. The standard InChI is InChI=1S/C28H34N4O2S/c1-4-21-10-12-32(13-11-21)14-15-34-24-8-6-23(7-9-24)17-26(33)30-28-27(20(3)19-35-28)25-16-22(5-2)18-29-31-25/h6-13,18-19,21-22H,4-5,14-17H2,1-3H3,(H,30,33). The summed E-state index contributed by atoms with van der Waals surface area (Å²) in [5.74, 6) is 1.70. The first-order chi connectivity index (χ1) is 17.1. The van der Waals surface area contributed by atoms with Gasteiger partial charge in [0.1, 0.15) is 17.4 Å². The Bertz CT molecular complexity index is 1120. The van der Waals surface area contributed by atoms with E-state index < -0.39 is 0 Å². The molecule has 0 saturated heterocycles. The lowest BCUT2D eigenvalue weighted by Crippen LogP contribution is -2.20. The third-order valence-electron chi connectivity index (χ3n) is 6.38. The molecule has 0 saturated carbocycles. The normalized spacial score (nSPS) is 17.5. The van der Waals surface area contributed by atoms with Crippen molar-refractivity contribution >= 4 is 34.2 Å². The third-order valence-corrected chi connectivity index (χ3v) is 7.39. The molecule has 2 aromatic rings. The molecular weight excluding hydrogens is 456 g/mol. The molecule has 0 radical (unpaired) electrons. The zero-order valence-electron chi connectivity index (χ0n) is 20.7. The van der Waals surface area contributed by atoms with Gasteiger partial charge in [-0.25, -0.2) is 0 Å². The van der Waals surface area contributed by atoms with Crippen LogP contribution in [-0.4, -0.2) is 35.9 Å². The fraction of sp³-hybridized carbons (Fsp3) is 0.393. The molecule has 3 heterocycles. The van der Waals surface area contributed by atoms with Gasteiger partial charge in [0.15, 0.2) is 0 Å². The number of carbonyl (C=O) groups excluding carboxylic acids is 1. The van der Waals surface area contributed by atoms with E-state index in [2.05, 4.69) is 71.1 Å². The van der Waals surface area contributed by atoms with Gasteiger partial charge in [-0.15, -0.1) is 11.3 Å². The zero-order valence-corrected chi connectivity index (χ0v) is 21.6. The van der Waals surface area contributed by atoms with Crippen LogP contribution < -0.4 is 10.1 Å². The summed E-state index contributed by atoms with van der Waals surface area (Å²) < 4.78 is 5.89. The summed E-state index contributed by atoms with van der Waals surface area (Å²) in [4.78, 5) is 14.9. The van der Waals surface area contributed by atoms with Crippen LogP contribution in [0.1, 0.15) is 49.8 Å². The Morgan fingerprint density at radius 2 is 1.94 bits per heavy atom. The van der Waals surface area contributed by atoms with E-state index in [-0.39, 0.29) is 5.91 Å². The SMILES string of the molecule is CCC1C=CN(CCOc2ccc(CC(=O)Nc3scc(C)c3C3=NN=CC(CC)C3)cc2)C=C1. The van der Waals surface area contributed by atoms with Crippen molar-refractivity contribution in [3.05, 3.63) is 70.9 Å². The Morgan fingerprint density at radius 3 is 2.66 bits per heavy atom. The van der Waals surface area contributed by atoms with Crippen molar-refractivity contribution in [3.63, 3.8) is 0 Å². The van der Waals surface area contributed by atoms with Gasteiger partial charge in [-0.1, -0.05) is 38.1 Å². The molecule has 6 nitrogen and oxygen atoms in total. The van der Waals surface area contributed by atoms with Gasteiger partial charge in [0.05, 0.1) is 18.7 Å². The number of nitrogens with zero attached hydrogens (tertiary/aromatic N) is 3. The molecule has 2 aliphatic heterocycles. The number of hydrogen-bond donors (Lipinski definition) is 1. The van der Waals surface area contributed by atoms with Gasteiger partial charge in [-0.05, 0) is 54.3 Å². The number of rotatable bonds is 10. The quantitative estimate of drug-likeness (QED) is 0.432. The lowest BCUT2D eigenvalue weighted by atomic mass is 9.95. The van der Waals surface area contributed by atoms with Crippen molar-refractivity contribution in [1.29, 1.82) is 0 Å². The number of amides is 1. The molecule has 184 valence electrons. The maximum absolute atomic E-state index is 12.8. The van der Waals surface area contributed by atoms with Gasteiger partial charge in [-0.3, -0.25) is 4.79 Å². The molecule has 1 aromatic carbocycles. The number of aryl methyl sites for hydroxylation is 1. The van der Waals surface area contributed by atoms with Crippen LogP contribution in [0.25, 0.3) is 0 Å². The number of nitrogens with one attached hydrogen (secondary N) is 1. The molecular formula is C28H34N4O2S. The number of ether oxygens (including phenoxy) is 1. The predicted octanol–water partition coefficient (Wildman–Crippen LogP) is 6.19. The maximum Gasteiger partial charge on any atom is 0.229 e. The summed E-state index contributed by atoms with van der Waals surface area (Å²) in [6.07, 6.45) is 13.9. The van der Waals surface area contributed by atoms with E-state index in [1.807, 2.05) is 30.5 Å². The van der Waals surface area contributed by atoms with E-state index in [0.717, 1.165) is 59.0 Å². The topological polar surface area (TPSA) is 66.3 Å². The molecule has 2 aliphatic rings. The van der Waals surface area contributed by atoms with Crippen molar-refractivity contribution in [2.75, 3.05) is 18.5 Å². The number of anilines is 1. The van der Waals surface area contributed by atoms with Crippen LogP contribution in [0.2, 0.25) is 0 Å². The van der Waals surface area contributed by atoms with Gasteiger partial charge in [-0.2, -0.15) is 10.2 Å². The smallest absolute Gasteiger partial charge is 0.229 e. The van der Waals surface area contributed by atoms with Crippen LogP contribution in [0.5, 0.6) is 5.75 Å². The third kappa shape index (κ3) is 6.69. The van der Waals surface area contributed by atoms with Crippen molar-refractivity contribution in [2.45, 2.75) is 46.5 Å². The highest BCUT2D eigenvalue weighted by molar-refractivity contribution is 7.15. The average molecular weight is 491 g/mol. The number of benzene rings is 1. The Morgan fingerprint density at radius 1 is 1.17 bits per heavy atom. The monoisotopic (exact) mass is 490 g/mol. The van der Waals surface area contributed by atoms with Gasteiger partial charge < -0.3 is 15.0 Å². The molecule has 0 spiro atoms. The number of allylic oxidation sites excluding steroid dienone is 2. The highest BCUT2D eigenvalue weighted by atomic mass is 32.1. The highest BCUT2D eigenvalue weighted by Crippen LogP contribution is 2.31. The second-order valence-corrected chi connectivity index (χ2v) is 9.90. The Kier molecular flexibility index (Phi) is 8.53. The van der Waals surface area contributed by atoms with Crippen LogP contribution in [0.4, 0.5) is 5.00 Å².